The van der Waals surface area contributed by atoms with E-state index in [2.05, 4.69) is 5.32 Å². The van der Waals surface area contributed by atoms with E-state index in [-0.39, 0.29) is 18.1 Å². The van der Waals surface area contributed by atoms with E-state index in [0.29, 0.717) is 0 Å². The van der Waals surface area contributed by atoms with Gasteiger partial charge in [-0.15, -0.1) is 0 Å². The Morgan fingerprint density at radius 1 is 1.57 bits per heavy atom. The number of allylic oxidation sites excluding steroid dienone is 2. The SMILES string of the molecule is CC1=C(OC(C)C)CC(C=O)[C@H](C)N1. The molecule has 0 aliphatic carbocycles. The molecule has 1 heterocycles. The molecule has 3 nitrogen and oxygen atoms in total. The first-order valence-corrected chi connectivity index (χ1v) is 5.12. The molecular weight excluding hydrogens is 178 g/mol. The highest BCUT2D eigenvalue weighted by Crippen LogP contribution is 2.24. The third-order valence-electron chi connectivity index (χ3n) is 2.48. The van der Waals surface area contributed by atoms with E-state index < -0.39 is 0 Å². The summed E-state index contributed by atoms with van der Waals surface area (Å²) in [6, 6.07) is 0.215. The molecule has 0 radical (unpaired) electrons. The van der Waals surface area contributed by atoms with Crippen molar-refractivity contribution in [1.29, 1.82) is 0 Å². The molecule has 0 saturated carbocycles. The second-order valence-electron chi connectivity index (χ2n) is 4.15. The molecule has 0 saturated heterocycles. The Labute approximate surface area is 85.5 Å². The summed E-state index contributed by atoms with van der Waals surface area (Å²) in [5, 5.41) is 3.26. The number of hydrogen-bond acceptors (Lipinski definition) is 3. The molecule has 80 valence electrons. The van der Waals surface area contributed by atoms with Crippen LogP contribution in [0, 0.1) is 5.92 Å². The van der Waals surface area contributed by atoms with Crippen LogP contribution in [0.3, 0.4) is 0 Å². The smallest absolute Gasteiger partial charge is 0.125 e. The first-order valence-electron chi connectivity index (χ1n) is 5.12. The van der Waals surface area contributed by atoms with Crippen molar-refractivity contribution in [3.63, 3.8) is 0 Å². The molecule has 0 spiro atoms. The molecule has 14 heavy (non-hydrogen) atoms. The second kappa shape index (κ2) is 4.49. The van der Waals surface area contributed by atoms with Gasteiger partial charge in [-0.25, -0.2) is 0 Å². The van der Waals surface area contributed by atoms with Crippen molar-refractivity contribution in [2.75, 3.05) is 0 Å². The molecule has 0 amide bonds. The zero-order valence-electron chi connectivity index (χ0n) is 9.33. The van der Waals surface area contributed by atoms with E-state index in [1.54, 1.807) is 0 Å². The summed E-state index contributed by atoms with van der Waals surface area (Å²) < 4.78 is 5.64. The van der Waals surface area contributed by atoms with Crippen molar-refractivity contribution in [3.05, 3.63) is 11.5 Å². The van der Waals surface area contributed by atoms with Crippen LogP contribution in [0.5, 0.6) is 0 Å². The second-order valence-corrected chi connectivity index (χ2v) is 4.15. The zero-order valence-corrected chi connectivity index (χ0v) is 9.33. The number of nitrogens with one attached hydrogen (secondary N) is 1. The van der Waals surface area contributed by atoms with E-state index in [0.717, 1.165) is 24.2 Å². The topological polar surface area (TPSA) is 38.3 Å². The fraction of sp³-hybridized carbons (Fsp3) is 0.727. The predicted molar refractivity (Wildman–Crippen MR) is 55.7 cm³/mol. The van der Waals surface area contributed by atoms with Crippen molar-refractivity contribution < 1.29 is 9.53 Å². The lowest BCUT2D eigenvalue weighted by Crippen LogP contribution is -2.38. The normalized spacial score (nSPS) is 27.5. The van der Waals surface area contributed by atoms with Gasteiger partial charge in [0.2, 0.25) is 0 Å². The molecule has 0 bridgehead atoms. The van der Waals surface area contributed by atoms with E-state index in [4.69, 9.17) is 4.74 Å². The highest BCUT2D eigenvalue weighted by atomic mass is 16.5. The van der Waals surface area contributed by atoms with Gasteiger partial charge in [-0.2, -0.15) is 0 Å². The first kappa shape index (κ1) is 11.1. The summed E-state index contributed by atoms with van der Waals surface area (Å²) in [6.07, 6.45) is 1.90. The molecule has 0 aromatic carbocycles. The molecule has 1 rings (SSSR count). The van der Waals surface area contributed by atoms with E-state index >= 15 is 0 Å². The largest absolute Gasteiger partial charge is 0.494 e. The number of aldehydes is 1. The van der Waals surface area contributed by atoms with Crippen molar-refractivity contribution in [2.24, 2.45) is 5.92 Å². The van der Waals surface area contributed by atoms with Gasteiger partial charge in [-0.05, 0) is 27.7 Å². The van der Waals surface area contributed by atoms with Crippen LogP contribution in [-0.2, 0) is 9.53 Å². The van der Waals surface area contributed by atoms with Crippen LogP contribution in [0.25, 0.3) is 0 Å². The van der Waals surface area contributed by atoms with Gasteiger partial charge < -0.3 is 14.8 Å². The molecule has 0 aromatic heterocycles. The monoisotopic (exact) mass is 197 g/mol. The van der Waals surface area contributed by atoms with E-state index in [1.165, 1.54) is 0 Å². The van der Waals surface area contributed by atoms with Gasteiger partial charge in [-0.1, -0.05) is 0 Å². The lowest BCUT2D eigenvalue weighted by molar-refractivity contribution is -0.112. The third kappa shape index (κ3) is 2.50. The molecule has 2 atom stereocenters. The molecule has 0 aromatic rings. The van der Waals surface area contributed by atoms with Crippen LogP contribution in [0.15, 0.2) is 11.5 Å². The van der Waals surface area contributed by atoms with Crippen LogP contribution < -0.4 is 5.32 Å². The van der Waals surface area contributed by atoms with Gasteiger partial charge in [-0.3, -0.25) is 0 Å². The molecule has 1 aliphatic heterocycles. The zero-order chi connectivity index (χ0) is 10.7. The van der Waals surface area contributed by atoms with Crippen LogP contribution in [0.2, 0.25) is 0 Å². The van der Waals surface area contributed by atoms with Crippen LogP contribution in [-0.4, -0.2) is 18.4 Å². The summed E-state index contributed by atoms with van der Waals surface area (Å²) >= 11 is 0. The number of rotatable bonds is 3. The summed E-state index contributed by atoms with van der Waals surface area (Å²) in [7, 11) is 0. The molecule has 3 heteroatoms. The Hall–Kier alpha value is -0.990. The first-order chi connectivity index (χ1) is 6.54. The Morgan fingerprint density at radius 3 is 2.71 bits per heavy atom. The Morgan fingerprint density at radius 2 is 2.21 bits per heavy atom. The Kier molecular flexibility index (Phi) is 3.55. The lowest BCUT2D eigenvalue weighted by atomic mass is 9.93. The van der Waals surface area contributed by atoms with Crippen LogP contribution in [0.1, 0.15) is 34.1 Å². The average Bonchev–Trinajstić information content (AvgIpc) is 2.09. The average molecular weight is 197 g/mol. The van der Waals surface area contributed by atoms with Gasteiger partial charge in [0.1, 0.15) is 12.0 Å². The number of carbonyl (C=O) groups is 1. The van der Waals surface area contributed by atoms with Crippen molar-refractivity contribution in [1.82, 2.24) is 5.32 Å². The van der Waals surface area contributed by atoms with Gasteiger partial charge in [0, 0.05) is 24.1 Å². The van der Waals surface area contributed by atoms with Gasteiger partial charge in [0.25, 0.3) is 0 Å². The maximum atomic E-state index is 10.8. The molecule has 0 fully saturated rings. The van der Waals surface area contributed by atoms with E-state index in [1.807, 2.05) is 27.7 Å². The Balaban J connectivity index is 2.73. The van der Waals surface area contributed by atoms with Crippen molar-refractivity contribution in [2.45, 2.75) is 46.3 Å². The van der Waals surface area contributed by atoms with Gasteiger partial charge >= 0.3 is 0 Å². The Bertz CT molecular complexity index is 246. The number of ether oxygens (including phenoxy) is 1. The third-order valence-corrected chi connectivity index (χ3v) is 2.48. The quantitative estimate of drug-likeness (QED) is 0.702. The van der Waals surface area contributed by atoms with Crippen LogP contribution in [0.4, 0.5) is 0 Å². The highest BCUT2D eigenvalue weighted by molar-refractivity contribution is 5.56. The molecule has 1 N–H and O–H groups in total. The number of hydrogen-bond donors (Lipinski definition) is 1. The van der Waals surface area contributed by atoms with Crippen LogP contribution >= 0.6 is 0 Å². The minimum Gasteiger partial charge on any atom is -0.494 e. The lowest BCUT2D eigenvalue weighted by Gasteiger charge is -2.30. The molecule has 1 aliphatic rings. The summed E-state index contributed by atoms with van der Waals surface area (Å²) in [5.74, 6) is 0.961. The minimum atomic E-state index is 0.0347. The predicted octanol–water partition coefficient (Wildman–Crippen LogP) is 1.84. The summed E-state index contributed by atoms with van der Waals surface area (Å²) in [5.41, 5.74) is 1.06. The highest BCUT2D eigenvalue weighted by Gasteiger charge is 2.25. The van der Waals surface area contributed by atoms with Crippen molar-refractivity contribution >= 4 is 6.29 Å². The van der Waals surface area contributed by atoms with Gasteiger partial charge in [0.15, 0.2) is 0 Å². The minimum absolute atomic E-state index is 0.0347. The number of carbonyl (C=O) groups excluding carboxylic acids is 1. The summed E-state index contributed by atoms with van der Waals surface area (Å²) in [6.45, 7) is 8.01. The van der Waals surface area contributed by atoms with E-state index in [9.17, 15) is 4.79 Å². The fourth-order valence-electron chi connectivity index (χ4n) is 1.66. The standard InChI is InChI=1S/C11H19NO2/c1-7(2)14-11-5-10(6-13)8(3)12-9(11)4/h6-8,10,12H,5H2,1-4H3/t8-,10?/m0/s1. The van der Waals surface area contributed by atoms with Gasteiger partial charge in [0.05, 0.1) is 6.10 Å². The van der Waals surface area contributed by atoms with Crippen molar-refractivity contribution in [3.8, 4) is 0 Å². The molecular formula is C11H19NO2. The summed E-state index contributed by atoms with van der Waals surface area (Å²) in [4.78, 5) is 10.8. The maximum absolute atomic E-state index is 10.8. The fourth-order valence-corrected chi connectivity index (χ4v) is 1.66. The maximum Gasteiger partial charge on any atom is 0.125 e. The molecule has 1 unspecified atom stereocenters.